The summed E-state index contributed by atoms with van der Waals surface area (Å²) in [5.74, 6) is 8.89. The highest BCUT2D eigenvalue weighted by molar-refractivity contribution is 5.23. The van der Waals surface area contributed by atoms with Gasteiger partial charge in [-0.3, -0.25) is 0 Å². The van der Waals surface area contributed by atoms with E-state index >= 15 is 0 Å². The Bertz CT molecular complexity index is 468. The summed E-state index contributed by atoms with van der Waals surface area (Å²) in [4.78, 5) is 0. The van der Waals surface area contributed by atoms with E-state index in [4.69, 9.17) is 0 Å². The van der Waals surface area contributed by atoms with Gasteiger partial charge in [-0.2, -0.15) is 0 Å². The molecule has 5 aliphatic carbocycles. The van der Waals surface area contributed by atoms with Gasteiger partial charge in [-0.1, -0.05) is 34.1 Å². The molecule has 6 unspecified atom stereocenters. The Kier molecular flexibility index (Phi) is 2.83. The quantitative estimate of drug-likeness (QED) is 0.570. The van der Waals surface area contributed by atoms with Crippen LogP contribution in [-0.2, 0) is 0 Å². The molecule has 0 aromatic heterocycles. The van der Waals surface area contributed by atoms with Crippen LogP contribution in [0.25, 0.3) is 0 Å². The Hall–Kier alpha value is 0. The van der Waals surface area contributed by atoms with Gasteiger partial charge >= 0.3 is 0 Å². The lowest BCUT2D eigenvalue weighted by molar-refractivity contribution is 0.0683. The normalized spacial score (nSPS) is 54.0. The van der Waals surface area contributed by atoms with Crippen LogP contribution in [0.2, 0.25) is 0 Å². The molecular weight excluding hydrogens is 264 g/mol. The standard InChI is InChI=1S/C22H36/c1-5-22(15-9-10-15)12-16-19(20(16)22)18-13(2)6-11-17(18)21(3,4)14-7-8-14/h13-20H,5-12H2,1-4H3/t13?,16?,17?,18?,19-,20?,22?/m0/s1. The predicted molar refractivity (Wildman–Crippen MR) is 92.4 cm³/mol. The summed E-state index contributed by atoms with van der Waals surface area (Å²) in [7, 11) is 0. The van der Waals surface area contributed by atoms with Crippen molar-refractivity contribution in [2.45, 2.75) is 79.1 Å². The van der Waals surface area contributed by atoms with Gasteiger partial charge in [0.1, 0.15) is 0 Å². The molecule has 0 aromatic carbocycles. The molecule has 5 fully saturated rings. The first-order valence-electron chi connectivity index (χ1n) is 10.5. The first-order valence-corrected chi connectivity index (χ1v) is 10.5. The summed E-state index contributed by atoms with van der Waals surface area (Å²) in [6.07, 6.45) is 12.4. The van der Waals surface area contributed by atoms with Crippen molar-refractivity contribution in [3.05, 3.63) is 0 Å². The van der Waals surface area contributed by atoms with Crippen molar-refractivity contribution in [1.29, 1.82) is 0 Å². The van der Waals surface area contributed by atoms with Crippen molar-refractivity contribution < 1.29 is 0 Å². The highest BCUT2D eigenvalue weighted by Crippen LogP contribution is 2.82. The molecule has 5 rings (SSSR count). The van der Waals surface area contributed by atoms with Gasteiger partial charge in [0.25, 0.3) is 0 Å². The van der Waals surface area contributed by atoms with Crippen molar-refractivity contribution >= 4 is 0 Å². The third kappa shape index (κ3) is 1.71. The van der Waals surface area contributed by atoms with Crippen LogP contribution in [0, 0.1) is 58.2 Å². The Balaban J connectivity index is 1.38. The maximum Gasteiger partial charge on any atom is -0.0235 e. The zero-order valence-corrected chi connectivity index (χ0v) is 15.3. The van der Waals surface area contributed by atoms with Crippen LogP contribution >= 0.6 is 0 Å². The largest absolute Gasteiger partial charge is 0.0648 e. The lowest BCUT2D eigenvalue weighted by Gasteiger charge is -2.42. The fourth-order valence-corrected chi connectivity index (χ4v) is 8.05. The Morgan fingerprint density at radius 1 is 0.955 bits per heavy atom. The Morgan fingerprint density at radius 3 is 2.27 bits per heavy atom. The van der Waals surface area contributed by atoms with E-state index in [1.807, 2.05) is 0 Å². The summed E-state index contributed by atoms with van der Waals surface area (Å²) in [5.41, 5.74) is 1.48. The highest BCUT2D eigenvalue weighted by Gasteiger charge is 2.75. The molecule has 0 heteroatoms. The summed E-state index contributed by atoms with van der Waals surface area (Å²) in [6, 6.07) is 0. The average Bonchev–Trinajstić information content (AvgIpc) is 3.31. The first-order chi connectivity index (χ1) is 10.5. The first kappa shape index (κ1) is 14.4. The van der Waals surface area contributed by atoms with Crippen LogP contribution in [-0.4, -0.2) is 0 Å². The second kappa shape index (κ2) is 4.34. The van der Waals surface area contributed by atoms with E-state index in [2.05, 4.69) is 27.7 Å². The topological polar surface area (TPSA) is 0 Å². The van der Waals surface area contributed by atoms with E-state index < -0.39 is 0 Å². The number of fused-ring (bicyclic) bond motifs is 1. The third-order valence-corrected chi connectivity index (χ3v) is 9.64. The van der Waals surface area contributed by atoms with E-state index in [0.29, 0.717) is 5.41 Å². The zero-order chi connectivity index (χ0) is 15.3. The Morgan fingerprint density at radius 2 is 1.68 bits per heavy atom. The lowest BCUT2D eigenvalue weighted by Crippen LogP contribution is -2.35. The molecule has 0 heterocycles. The predicted octanol–water partition coefficient (Wildman–Crippen LogP) is 6.16. The van der Waals surface area contributed by atoms with Crippen molar-refractivity contribution in [2.24, 2.45) is 58.2 Å². The van der Waals surface area contributed by atoms with Crippen molar-refractivity contribution in [3.8, 4) is 0 Å². The van der Waals surface area contributed by atoms with E-state index in [1.165, 1.54) is 37.5 Å². The lowest BCUT2D eigenvalue weighted by atomic mass is 9.63. The van der Waals surface area contributed by atoms with Crippen LogP contribution in [0.15, 0.2) is 0 Å². The summed E-state index contributed by atoms with van der Waals surface area (Å²) in [5, 5.41) is 0. The molecule has 0 bridgehead atoms. The van der Waals surface area contributed by atoms with E-state index in [-0.39, 0.29) is 0 Å². The monoisotopic (exact) mass is 300 g/mol. The number of hydrogen-bond acceptors (Lipinski definition) is 0. The van der Waals surface area contributed by atoms with Crippen molar-refractivity contribution in [3.63, 3.8) is 0 Å². The van der Waals surface area contributed by atoms with Gasteiger partial charge < -0.3 is 0 Å². The van der Waals surface area contributed by atoms with Gasteiger partial charge in [0.15, 0.2) is 0 Å². The molecule has 0 radical (unpaired) electrons. The molecular formula is C22H36. The molecule has 0 amide bonds. The van der Waals surface area contributed by atoms with Crippen LogP contribution in [0.3, 0.4) is 0 Å². The van der Waals surface area contributed by atoms with Gasteiger partial charge in [0.2, 0.25) is 0 Å². The van der Waals surface area contributed by atoms with Gasteiger partial charge in [0.05, 0.1) is 0 Å². The minimum absolute atomic E-state index is 0.645. The fraction of sp³-hybridized carbons (Fsp3) is 1.00. The minimum atomic E-state index is 0.645. The van der Waals surface area contributed by atoms with Crippen LogP contribution < -0.4 is 0 Å². The maximum atomic E-state index is 2.64. The van der Waals surface area contributed by atoms with Gasteiger partial charge in [-0.15, -0.1) is 0 Å². The van der Waals surface area contributed by atoms with E-state index in [9.17, 15) is 0 Å². The molecule has 5 saturated carbocycles. The smallest absolute Gasteiger partial charge is 0.0235 e. The molecule has 22 heavy (non-hydrogen) atoms. The Labute approximate surface area is 137 Å². The molecule has 0 aromatic rings. The fourth-order valence-electron chi connectivity index (χ4n) is 8.05. The minimum Gasteiger partial charge on any atom is -0.0648 e. The van der Waals surface area contributed by atoms with Crippen molar-refractivity contribution in [2.75, 3.05) is 0 Å². The van der Waals surface area contributed by atoms with Crippen LogP contribution in [0.1, 0.15) is 79.1 Å². The van der Waals surface area contributed by atoms with Crippen LogP contribution in [0.5, 0.6) is 0 Å². The summed E-state index contributed by atoms with van der Waals surface area (Å²) < 4.78 is 0. The highest BCUT2D eigenvalue weighted by atomic mass is 14.8. The molecule has 0 N–H and O–H groups in total. The number of hydrogen-bond donors (Lipinski definition) is 0. The maximum absolute atomic E-state index is 2.64. The molecule has 7 atom stereocenters. The molecule has 0 aliphatic heterocycles. The molecule has 124 valence electrons. The molecule has 0 spiro atoms. The van der Waals surface area contributed by atoms with Crippen LogP contribution in [0.4, 0.5) is 0 Å². The zero-order valence-electron chi connectivity index (χ0n) is 15.3. The molecule has 5 aliphatic rings. The number of rotatable bonds is 5. The second-order valence-electron chi connectivity index (χ2n) is 10.7. The summed E-state index contributed by atoms with van der Waals surface area (Å²) >= 11 is 0. The van der Waals surface area contributed by atoms with Gasteiger partial charge in [0, 0.05) is 0 Å². The van der Waals surface area contributed by atoms with E-state index in [0.717, 1.165) is 40.9 Å². The SMILES string of the molecule is CCC1(C2CC2)CC2C1[C@@H]2C1C(C)CCC1C(C)(C)C1CC1. The molecule has 0 saturated heterocycles. The van der Waals surface area contributed by atoms with Gasteiger partial charge in [-0.25, -0.2) is 0 Å². The van der Waals surface area contributed by atoms with Gasteiger partial charge in [-0.05, 0) is 103 Å². The third-order valence-electron chi connectivity index (χ3n) is 9.64. The van der Waals surface area contributed by atoms with Crippen molar-refractivity contribution in [1.82, 2.24) is 0 Å². The second-order valence-corrected chi connectivity index (χ2v) is 10.7. The molecule has 0 nitrogen and oxygen atoms in total. The average molecular weight is 301 g/mol. The summed E-state index contributed by atoms with van der Waals surface area (Å²) in [6.45, 7) is 10.4. The van der Waals surface area contributed by atoms with E-state index in [1.54, 1.807) is 25.7 Å².